The molecule has 0 bridgehead atoms. The van der Waals surface area contributed by atoms with Crippen LogP contribution in [0, 0.1) is 24.5 Å². The molecule has 0 aromatic carbocycles. The van der Waals surface area contributed by atoms with Crippen molar-refractivity contribution >= 4 is 11.4 Å². The maximum atomic E-state index is 6.37. The van der Waals surface area contributed by atoms with Crippen LogP contribution in [0.5, 0.6) is 46.0 Å². The minimum absolute atomic E-state index is 0.349. The van der Waals surface area contributed by atoms with Gasteiger partial charge in [-0.05, 0) is 13.8 Å². The lowest BCUT2D eigenvalue weighted by Gasteiger charge is -2.21. The fraction of sp³-hybridized carbons (Fsp3) is 0.421. The van der Waals surface area contributed by atoms with Gasteiger partial charge in [0.05, 0.1) is 22.8 Å². The first-order valence-corrected chi connectivity index (χ1v) is 18.9. The number of hydrogen-bond acceptors (Lipinski definition) is 14. The van der Waals surface area contributed by atoms with Crippen LogP contribution in [-0.2, 0) is 18.9 Å². The van der Waals surface area contributed by atoms with Crippen LogP contribution in [0.15, 0.2) is 23.0 Å². The number of hydrogen-bond donors (Lipinski definition) is 6. The van der Waals surface area contributed by atoms with E-state index in [0.717, 1.165) is 22.8 Å². The predicted molar refractivity (Wildman–Crippen MR) is 190 cm³/mol. The Balaban J connectivity index is 1.07. The molecule has 6 N–H and O–H groups in total. The highest BCUT2D eigenvalue weighted by atomic mass is 16.6. The molecule has 2 atom stereocenters. The normalized spacial score (nSPS) is 25.2. The van der Waals surface area contributed by atoms with Crippen LogP contribution in [0.3, 0.4) is 0 Å². The zero-order chi connectivity index (χ0) is 37.1. The van der Waals surface area contributed by atoms with Crippen molar-refractivity contribution in [1.82, 2.24) is 30.6 Å². The van der Waals surface area contributed by atoms with Gasteiger partial charge in [-0.3, -0.25) is 0 Å². The third kappa shape index (κ3) is 4.48. The quantitative estimate of drug-likeness (QED) is 0.171. The Morgan fingerprint density at radius 1 is 0.339 bits per heavy atom. The second-order valence-electron chi connectivity index (χ2n) is 14.2. The van der Waals surface area contributed by atoms with E-state index in [0.29, 0.717) is 181 Å². The Hall–Kier alpha value is -6.46. The summed E-state index contributed by atoms with van der Waals surface area (Å²) >= 11 is 0. The summed E-state index contributed by atoms with van der Waals surface area (Å²) in [6.07, 6.45) is 0. The second-order valence-corrected chi connectivity index (χ2v) is 14.2. The number of aryl methyl sites for hydroxylation is 2. The maximum absolute atomic E-state index is 6.37. The van der Waals surface area contributed by atoms with Crippen molar-refractivity contribution in [3.05, 3.63) is 67.2 Å². The Labute approximate surface area is 316 Å². The molecule has 4 aromatic heterocycles. The Morgan fingerprint density at radius 2 is 0.661 bits per heavy atom. The van der Waals surface area contributed by atoms with Crippen molar-refractivity contribution in [2.24, 2.45) is 0 Å². The Bertz CT molecular complexity index is 2450. The number of H-pyrrole nitrogens is 4. The molecular weight excluding hydrogens is 732 g/mol. The summed E-state index contributed by atoms with van der Waals surface area (Å²) in [5.41, 5.74) is 4.62. The Morgan fingerprint density at radius 3 is 1.07 bits per heavy atom. The SMILES string of the molecule is Cc1[nH]c(C2N/C(=c3/[nH]/c(=c4/[nH]/c(=C5/NC(c6[nH]c(C)c7c6OCCO7)C6=C5OCCO6)c5c4OCCO5)c4c3OCCO4)C3=C2OCCO3)c2c1OCCO2. The van der Waals surface area contributed by atoms with E-state index in [1.165, 1.54) is 0 Å². The smallest absolute Gasteiger partial charge is 0.189 e. The number of fused-ring (bicyclic) bond motifs is 4. The van der Waals surface area contributed by atoms with Gasteiger partial charge in [-0.1, -0.05) is 0 Å². The lowest BCUT2D eigenvalue weighted by Crippen LogP contribution is -2.25. The molecule has 2 unspecified atom stereocenters. The fourth-order valence-electron chi connectivity index (χ4n) is 8.61. The average molecular weight is 771 g/mol. The molecule has 4 aromatic rings. The van der Waals surface area contributed by atoms with E-state index in [9.17, 15) is 0 Å². The third-order valence-corrected chi connectivity index (χ3v) is 10.9. The summed E-state index contributed by atoms with van der Waals surface area (Å²) in [6.45, 7) is 8.75. The summed E-state index contributed by atoms with van der Waals surface area (Å²) in [4.78, 5) is 14.2. The van der Waals surface area contributed by atoms with Crippen LogP contribution in [0.2, 0.25) is 0 Å². The summed E-state index contributed by atoms with van der Waals surface area (Å²) < 4.78 is 74.7. The van der Waals surface area contributed by atoms with Crippen LogP contribution >= 0.6 is 0 Å². The molecule has 0 fully saturated rings. The van der Waals surface area contributed by atoms with Gasteiger partial charge in [-0.15, -0.1) is 0 Å². The topological polar surface area (TPSA) is 198 Å². The number of aromatic nitrogens is 4. The first kappa shape index (κ1) is 31.8. The Kier molecular flexibility index (Phi) is 6.83. The highest BCUT2D eigenvalue weighted by Gasteiger charge is 2.43. The minimum atomic E-state index is -0.443. The molecule has 0 radical (unpaired) electrons. The number of aromatic amines is 4. The highest BCUT2D eigenvalue weighted by molar-refractivity contribution is 5.72. The van der Waals surface area contributed by atoms with Crippen molar-refractivity contribution in [3.63, 3.8) is 0 Å². The lowest BCUT2D eigenvalue weighted by atomic mass is 10.1. The zero-order valence-electron chi connectivity index (χ0n) is 30.5. The van der Waals surface area contributed by atoms with Crippen molar-refractivity contribution < 1.29 is 56.8 Å². The molecule has 12 heterocycles. The van der Waals surface area contributed by atoms with Crippen LogP contribution in [0.4, 0.5) is 0 Å². The molecule has 0 saturated heterocycles. The van der Waals surface area contributed by atoms with E-state index < -0.39 is 12.1 Å². The third-order valence-electron chi connectivity index (χ3n) is 10.9. The van der Waals surface area contributed by atoms with Crippen LogP contribution in [0.25, 0.3) is 11.4 Å². The average Bonchev–Trinajstić information content (AvgIpc) is 4.10. The largest absolute Gasteiger partial charge is 0.488 e. The van der Waals surface area contributed by atoms with Gasteiger partial charge in [0.2, 0.25) is 0 Å². The van der Waals surface area contributed by atoms with Gasteiger partial charge in [-0.2, -0.15) is 0 Å². The van der Waals surface area contributed by atoms with Crippen molar-refractivity contribution in [3.8, 4) is 46.0 Å². The molecule has 8 aliphatic rings. The van der Waals surface area contributed by atoms with Gasteiger partial charge in [0.1, 0.15) is 124 Å². The summed E-state index contributed by atoms with van der Waals surface area (Å²) in [5.74, 6) is 7.20. The molecule has 0 amide bonds. The molecule has 0 aliphatic carbocycles. The van der Waals surface area contributed by atoms with Crippen molar-refractivity contribution in [1.29, 1.82) is 0 Å². The van der Waals surface area contributed by atoms with Gasteiger partial charge in [0, 0.05) is 0 Å². The van der Waals surface area contributed by atoms with Crippen LogP contribution < -0.4 is 59.2 Å². The highest BCUT2D eigenvalue weighted by Crippen LogP contribution is 2.48. The van der Waals surface area contributed by atoms with E-state index >= 15 is 0 Å². The van der Waals surface area contributed by atoms with E-state index in [-0.39, 0.29) is 0 Å². The lowest BCUT2D eigenvalue weighted by molar-refractivity contribution is 0.0677. The molecule has 18 nitrogen and oxygen atoms in total. The van der Waals surface area contributed by atoms with E-state index in [2.05, 4.69) is 30.6 Å². The predicted octanol–water partition coefficient (Wildman–Crippen LogP) is 1.41. The molecule has 56 heavy (non-hydrogen) atoms. The monoisotopic (exact) mass is 770 g/mol. The first-order valence-electron chi connectivity index (χ1n) is 18.9. The van der Waals surface area contributed by atoms with Gasteiger partial charge in [0.25, 0.3) is 0 Å². The molecule has 0 saturated carbocycles. The fourth-order valence-corrected chi connectivity index (χ4v) is 8.61. The van der Waals surface area contributed by atoms with E-state index in [1.54, 1.807) is 0 Å². The summed E-state index contributed by atoms with van der Waals surface area (Å²) in [7, 11) is 0. The van der Waals surface area contributed by atoms with Crippen LogP contribution in [-0.4, -0.2) is 99.2 Å². The van der Waals surface area contributed by atoms with E-state index in [1.807, 2.05) is 13.8 Å². The number of nitrogens with one attached hydrogen (secondary N) is 6. The zero-order valence-corrected chi connectivity index (χ0v) is 30.5. The van der Waals surface area contributed by atoms with Crippen molar-refractivity contribution in [2.75, 3.05) is 79.3 Å². The molecule has 12 rings (SSSR count). The van der Waals surface area contributed by atoms with Crippen LogP contribution in [0.1, 0.15) is 34.9 Å². The van der Waals surface area contributed by atoms with Gasteiger partial charge in [0.15, 0.2) is 69.0 Å². The van der Waals surface area contributed by atoms with Gasteiger partial charge in [-0.25, -0.2) is 0 Å². The molecule has 18 heteroatoms. The number of ether oxygens (including phenoxy) is 12. The second kappa shape index (κ2) is 12.0. The maximum Gasteiger partial charge on any atom is 0.189 e. The molecule has 292 valence electrons. The standard InChI is InChI=1S/C38H38N6O12/c1-15-27-29(47-5-3-45-27)17(39-15)19-31-33(51-9-7-49-31)21(41-19)23-35-37(55-13-11-53-35)25(43-23)26-38-36(54-12-14-56-38)24(44-26)22-34-32(50-8-10-52-34)20(42-22)18-30-28(16(2)40-18)46-4-6-48-30/h19-20,39-44H,3-14H2,1-2H3/b23-21+,24-22+,26-25+. The first-order chi connectivity index (χ1) is 27.6. The molecule has 8 aliphatic heterocycles. The number of rotatable bonds is 2. The van der Waals surface area contributed by atoms with Gasteiger partial charge >= 0.3 is 0 Å². The minimum Gasteiger partial charge on any atom is -0.488 e. The van der Waals surface area contributed by atoms with Gasteiger partial charge < -0.3 is 87.4 Å². The summed E-state index contributed by atoms with van der Waals surface area (Å²) in [5, 5.41) is 9.77. The summed E-state index contributed by atoms with van der Waals surface area (Å²) in [6, 6.07) is -0.885. The molecule has 0 spiro atoms. The van der Waals surface area contributed by atoms with E-state index in [4.69, 9.17) is 56.8 Å². The van der Waals surface area contributed by atoms with Crippen molar-refractivity contribution in [2.45, 2.75) is 25.9 Å². The molecular formula is C38H38N6O12.